The minimum atomic E-state index is -0.611. The summed E-state index contributed by atoms with van der Waals surface area (Å²) in [6, 6.07) is 2.27. The number of anilines is 1. The van der Waals surface area contributed by atoms with Gasteiger partial charge in [0.2, 0.25) is 0 Å². The Morgan fingerprint density at radius 3 is 2.56 bits per heavy atom. The van der Waals surface area contributed by atoms with Crippen molar-refractivity contribution in [3.8, 4) is 0 Å². The maximum atomic E-state index is 13.5. The molecule has 6 heteroatoms. The highest BCUT2D eigenvalue weighted by Crippen LogP contribution is 2.27. The van der Waals surface area contributed by atoms with Crippen LogP contribution in [0.4, 0.5) is 14.5 Å². The molecule has 1 aromatic heterocycles. The first kappa shape index (κ1) is 12.9. The smallest absolute Gasteiger partial charge is 0.141 e. The molecule has 0 aliphatic rings. The molecule has 0 saturated heterocycles. The van der Waals surface area contributed by atoms with Gasteiger partial charge < -0.3 is 10.3 Å². The molecule has 3 nitrogen and oxygen atoms in total. The van der Waals surface area contributed by atoms with E-state index in [0.717, 1.165) is 29.7 Å². The van der Waals surface area contributed by atoms with Crippen molar-refractivity contribution in [1.29, 1.82) is 0 Å². The Morgan fingerprint density at radius 2 is 2.00 bits per heavy atom. The topological polar surface area (TPSA) is 43.8 Å². The molecule has 96 valence electrons. The number of nitrogen functional groups attached to an aromatic ring is 1. The standard InChI is InChI=1S/C12H13F2N3S/c1-8-16-2-3-17(8)4-5-18-12-10(13)6-9(15)7-11(12)14/h2-3,6-7H,4-5,15H2,1H3. The van der Waals surface area contributed by atoms with Gasteiger partial charge in [0.05, 0.1) is 4.90 Å². The molecular weight excluding hydrogens is 256 g/mol. The third kappa shape index (κ3) is 2.81. The van der Waals surface area contributed by atoms with Gasteiger partial charge in [-0.1, -0.05) is 0 Å². The quantitative estimate of drug-likeness (QED) is 0.685. The van der Waals surface area contributed by atoms with Gasteiger partial charge in [0.1, 0.15) is 17.5 Å². The highest BCUT2D eigenvalue weighted by atomic mass is 32.2. The third-order valence-corrected chi connectivity index (χ3v) is 3.59. The van der Waals surface area contributed by atoms with Crippen LogP contribution in [0.2, 0.25) is 0 Å². The predicted molar refractivity (Wildman–Crippen MR) is 68.5 cm³/mol. The molecule has 0 saturated carbocycles. The number of aryl methyl sites for hydroxylation is 2. The van der Waals surface area contributed by atoms with Gasteiger partial charge in [-0.3, -0.25) is 0 Å². The Balaban J connectivity index is 2.01. The first-order valence-corrected chi connectivity index (χ1v) is 6.41. The van der Waals surface area contributed by atoms with Crippen LogP contribution in [0.15, 0.2) is 29.4 Å². The van der Waals surface area contributed by atoms with Crippen molar-refractivity contribution in [1.82, 2.24) is 9.55 Å². The van der Waals surface area contributed by atoms with Crippen molar-refractivity contribution in [3.05, 3.63) is 42.0 Å². The summed E-state index contributed by atoms with van der Waals surface area (Å²) in [4.78, 5) is 4.09. The summed E-state index contributed by atoms with van der Waals surface area (Å²) in [5.74, 6) is 0.225. The summed E-state index contributed by atoms with van der Waals surface area (Å²) in [6.45, 7) is 2.54. The maximum absolute atomic E-state index is 13.5. The van der Waals surface area contributed by atoms with Gasteiger partial charge in [0.15, 0.2) is 0 Å². The second kappa shape index (κ2) is 5.39. The van der Waals surface area contributed by atoms with Gasteiger partial charge in [-0.15, -0.1) is 11.8 Å². The van der Waals surface area contributed by atoms with Gasteiger partial charge in [-0.2, -0.15) is 0 Å². The number of benzene rings is 1. The third-order valence-electron chi connectivity index (χ3n) is 2.52. The van der Waals surface area contributed by atoms with Gasteiger partial charge in [0.25, 0.3) is 0 Å². The van der Waals surface area contributed by atoms with Gasteiger partial charge >= 0.3 is 0 Å². The second-order valence-electron chi connectivity index (χ2n) is 3.83. The van der Waals surface area contributed by atoms with Gasteiger partial charge in [0, 0.05) is 30.4 Å². The second-order valence-corrected chi connectivity index (χ2v) is 4.94. The Labute approximate surface area is 108 Å². The minimum absolute atomic E-state index is 0.0157. The van der Waals surface area contributed by atoms with Crippen molar-refractivity contribution < 1.29 is 8.78 Å². The maximum Gasteiger partial charge on any atom is 0.141 e. The average molecular weight is 269 g/mol. The normalized spacial score (nSPS) is 10.8. The molecule has 0 spiro atoms. The van der Waals surface area contributed by atoms with Crippen molar-refractivity contribution in [2.24, 2.45) is 0 Å². The molecule has 0 unspecified atom stereocenters. The molecule has 2 aromatic rings. The number of imidazole rings is 1. The van der Waals surface area contributed by atoms with Gasteiger partial charge in [-0.05, 0) is 19.1 Å². The van der Waals surface area contributed by atoms with Crippen LogP contribution in [0.1, 0.15) is 5.82 Å². The van der Waals surface area contributed by atoms with Crippen molar-refractivity contribution in [2.45, 2.75) is 18.4 Å². The predicted octanol–water partition coefficient (Wildman–Crippen LogP) is 2.84. The van der Waals surface area contributed by atoms with Crippen LogP contribution in [-0.4, -0.2) is 15.3 Å². The van der Waals surface area contributed by atoms with Crippen LogP contribution in [0.3, 0.4) is 0 Å². The molecule has 18 heavy (non-hydrogen) atoms. The lowest BCUT2D eigenvalue weighted by molar-refractivity contribution is 0.541. The molecule has 0 amide bonds. The minimum Gasteiger partial charge on any atom is -0.399 e. The zero-order valence-corrected chi connectivity index (χ0v) is 10.7. The van der Waals surface area contributed by atoms with Crippen LogP contribution >= 0.6 is 11.8 Å². The zero-order chi connectivity index (χ0) is 13.1. The summed E-state index contributed by atoms with van der Waals surface area (Å²) < 4.78 is 28.9. The monoisotopic (exact) mass is 269 g/mol. The molecule has 0 atom stereocenters. The number of nitrogens with zero attached hydrogens (tertiary/aromatic N) is 2. The number of aromatic nitrogens is 2. The fourth-order valence-corrected chi connectivity index (χ4v) is 2.49. The number of halogens is 2. The van der Waals surface area contributed by atoms with E-state index in [4.69, 9.17) is 5.73 Å². The molecule has 1 heterocycles. The largest absolute Gasteiger partial charge is 0.399 e. The SMILES string of the molecule is Cc1nccn1CCSc1c(F)cc(N)cc1F. The van der Waals surface area contributed by atoms with Crippen LogP contribution in [0.5, 0.6) is 0 Å². The summed E-state index contributed by atoms with van der Waals surface area (Å²) in [7, 11) is 0. The van der Waals surface area contributed by atoms with E-state index in [1.165, 1.54) is 0 Å². The Hall–Kier alpha value is -1.56. The van der Waals surface area contributed by atoms with Crippen LogP contribution in [0.25, 0.3) is 0 Å². The fraction of sp³-hybridized carbons (Fsp3) is 0.250. The van der Waals surface area contributed by atoms with E-state index in [1.807, 2.05) is 17.7 Å². The lowest BCUT2D eigenvalue weighted by Gasteiger charge is -2.07. The van der Waals surface area contributed by atoms with E-state index in [-0.39, 0.29) is 10.6 Å². The molecule has 0 bridgehead atoms. The lowest BCUT2D eigenvalue weighted by atomic mass is 10.3. The molecular formula is C12H13F2N3S. The molecule has 1 aromatic carbocycles. The number of rotatable bonds is 4. The van der Waals surface area contributed by atoms with E-state index in [1.54, 1.807) is 6.20 Å². The lowest BCUT2D eigenvalue weighted by Crippen LogP contribution is -2.02. The molecule has 2 N–H and O–H groups in total. The van der Waals surface area contributed by atoms with Crippen molar-refractivity contribution in [3.63, 3.8) is 0 Å². The molecule has 0 radical (unpaired) electrons. The fourth-order valence-electron chi connectivity index (χ4n) is 1.60. The number of hydrogen-bond acceptors (Lipinski definition) is 3. The van der Waals surface area contributed by atoms with Crippen molar-refractivity contribution in [2.75, 3.05) is 11.5 Å². The van der Waals surface area contributed by atoms with E-state index < -0.39 is 11.6 Å². The van der Waals surface area contributed by atoms with Crippen molar-refractivity contribution >= 4 is 17.4 Å². The van der Waals surface area contributed by atoms with E-state index in [9.17, 15) is 8.78 Å². The highest BCUT2D eigenvalue weighted by molar-refractivity contribution is 7.99. The van der Waals surface area contributed by atoms with Crippen LogP contribution in [-0.2, 0) is 6.54 Å². The Morgan fingerprint density at radius 1 is 1.33 bits per heavy atom. The summed E-state index contributed by atoms with van der Waals surface area (Å²) in [5, 5.41) is 0. The van der Waals surface area contributed by atoms with Crippen LogP contribution < -0.4 is 5.73 Å². The summed E-state index contributed by atoms with van der Waals surface area (Å²) in [6.07, 6.45) is 3.54. The van der Waals surface area contributed by atoms with Gasteiger partial charge in [-0.25, -0.2) is 13.8 Å². The number of thioether (sulfide) groups is 1. The van der Waals surface area contributed by atoms with E-state index in [0.29, 0.717) is 12.3 Å². The van der Waals surface area contributed by atoms with E-state index >= 15 is 0 Å². The molecule has 0 aliphatic carbocycles. The van der Waals surface area contributed by atoms with E-state index in [2.05, 4.69) is 4.98 Å². The number of nitrogens with two attached hydrogens (primary N) is 1. The summed E-state index contributed by atoms with van der Waals surface area (Å²) in [5.41, 5.74) is 5.45. The molecule has 0 aliphatic heterocycles. The molecule has 0 fully saturated rings. The average Bonchev–Trinajstić information content (AvgIpc) is 2.68. The first-order valence-electron chi connectivity index (χ1n) is 5.43. The Bertz CT molecular complexity index is 531. The van der Waals surface area contributed by atoms with Crippen LogP contribution in [0, 0.1) is 18.6 Å². The number of hydrogen-bond donors (Lipinski definition) is 1. The zero-order valence-electron chi connectivity index (χ0n) is 9.86. The molecule has 2 rings (SSSR count). The Kier molecular flexibility index (Phi) is 3.86. The summed E-state index contributed by atoms with van der Waals surface area (Å²) >= 11 is 1.14. The first-order chi connectivity index (χ1) is 8.58. The highest BCUT2D eigenvalue weighted by Gasteiger charge is 2.10.